The SMILES string of the molecule is CC=C(C#N)c1cccc2c1Cc1ccccc1-2. The van der Waals surface area contributed by atoms with E-state index in [-0.39, 0.29) is 0 Å². The molecule has 86 valence electrons. The lowest BCUT2D eigenvalue weighted by atomic mass is 9.96. The van der Waals surface area contributed by atoms with Gasteiger partial charge < -0.3 is 0 Å². The standard InChI is InChI=1S/C17H13N/c1-2-12(11-18)14-8-5-9-16-15-7-4-3-6-13(15)10-17(14)16/h2-9H,10H2,1H3. The molecule has 0 unspecified atom stereocenters. The zero-order chi connectivity index (χ0) is 12.5. The van der Waals surface area contributed by atoms with Crippen molar-refractivity contribution in [2.45, 2.75) is 13.3 Å². The molecule has 0 heterocycles. The number of hydrogen-bond acceptors (Lipinski definition) is 1. The van der Waals surface area contributed by atoms with E-state index in [0.717, 1.165) is 17.6 Å². The first kappa shape index (κ1) is 10.8. The lowest BCUT2D eigenvalue weighted by molar-refractivity contribution is 1.25. The Labute approximate surface area is 107 Å². The molecule has 0 bridgehead atoms. The molecule has 3 rings (SSSR count). The van der Waals surface area contributed by atoms with Gasteiger partial charge in [-0.1, -0.05) is 48.5 Å². The molecule has 0 N–H and O–H groups in total. The Morgan fingerprint density at radius 2 is 1.89 bits per heavy atom. The normalized spacial score (nSPS) is 12.8. The lowest BCUT2D eigenvalue weighted by Crippen LogP contribution is -1.90. The first-order valence-corrected chi connectivity index (χ1v) is 6.12. The van der Waals surface area contributed by atoms with Crippen molar-refractivity contribution in [1.29, 1.82) is 5.26 Å². The van der Waals surface area contributed by atoms with Crippen LogP contribution in [0.2, 0.25) is 0 Å². The molecule has 1 aliphatic carbocycles. The topological polar surface area (TPSA) is 23.8 Å². The molecule has 1 nitrogen and oxygen atoms in total. The van der Waals surface area contributed by atoms with Crippen molar-refractivity contribution in [1.82, 2.24) is 0 Å². The summed E-state index contributed by atoms with van der Waals surface area (Å²) in [5.74, 6) is 0. The second kappa shape index (κ2) is 4.16. The first-order chi connectivity index (χ1) is 8.85. The smallest absolute Gasteiger partial charge is 0.0994 e. The van der Waals surface area contributed by atoms with Crippen LogP contribution in [-0.2, 0) is 6.42 Å². The molecule has 1 aliphatic rings. The Kier molecular flexibility index (Phi) is 2.50. The molecule has 1 heteroatoms. The highest BCUT2D eigenvalue weighted by Gasteiger charge is 2.21. The van der Waals surface area contributed by atoms with Crippen LogP contribution in [-0.4, -0.2) is 0 Å². The highest BCUT2D eigenvalue weighted by Crippen LogP contribution is 2.39. The minimum absolute atomic E-state index is 0.764. The number of rotatable bonds is 1. The van der Waals surface area contributed by atoms with E-state index in [4.69, 9.17) is 0 Å². The number of benzene rings is 2. The van der Waals surface area contributed by atoms with E-state index in [9.17, 15) is 5.26 Å². The summed E-state index contributed by atoms with van der Waals surface area (Å²) in [6, 6.07) is 17.0. The molecule has 0 aliphatic heterocycles. The number of fused-ring (bicyclic) bond motifs is 3. The van der Waals surface area contributed by atoms with Crippen molar-refractivity contribution in [2.24, 2.45) is 0 Å². The van der Waals surface area contributed by atoms with Gasteiger partial charge in [-0.25, -0.2) is 0 Å². The third-order valence-corrected chi connectivity index (χ3v) is 3.55. The maximum Gasteiger partial charge on any atom is 0.0994 e. The Morgan fingerprint density at radius 1 is 1.11 bits per heavy atom. The van der Waals surface area contributed by atoms with Crippen LogP contribution in [0, 0.1) is 11.3 Å². The quantitative estimate of drug-likeness (QED) is 0.576. The van der Waals surface area contributed by atoms with Crippen LogP contribution in [0.4, 0.5) is 0 Å². The van der Waals surface area contributed by atoms with Gasteiger partial charge in [-0.3, -0.25) is 0 Å². The molecule has 0 amide bonds. The van der Waals surface area contributed by atoms with Crippen LogP contribution in [0.5, 0.6) is 0 Å². The van der Waals surface area contributed by atoms with Crippen LogP contribution >= 0.6 is 0 Å². The molecule has 0 saturated heterocycles. The molecular formula is C17H13N. The fourth-order valence-electron chi connectivity index (χ4n) is 2.69. The fourth-order valence-corrected chi connectivity index (χ4v) is 2.69. The van der Waals surface area contributed by atoms with E-state index in [1.807, 2.05) is 25.1 Å². The van der Waals surface area contributed by atoms with E-state index >= 15 is 0 Å². The number of hydrogen-bond donors (Lipinski definition) is 0. The molecule has 0 saturated carbocycles. The van der Waals surface area contributed by atoms with Crippen LogP contribution < -0.4 is 0 Å². The van der Waals surface area contributed by atoms with Crippen molar-refractivity contribution >= 4 is 5.57 Å². The van der Waals surface area contributed by atoms with Crippen LogP contribution in [0.3, 0.4) is 0 Å². The summed E-state index contributed by atoms with van der Waals surface area (Å²) in [4.78, 5) is 0. The number of allylic oxidation sites excluding steroid dienone is 2. The van der Waals surface area contributed by atoms with Crippen LogP contribution in [0.25, 0.3) is 16.7 Å². The minimum Gasteiger partial charge on any atom is -0.192 e. The van der Waals surface area contributed by atoms with Gasteiger partial charge in [0.1, 0.15) is 0 Å². The summed E-state index contributed by atoms with van der Waals surface area (Å²) in [6.07, 6.45) is 2.82. The van der Waals surface area contributed by atoms with Gasteiger partial charge in [0.05, 0.1) is 11.6 Å². The summed E-state index contributed by atoms with van der Waals surface area (Å²) in [5.41, 5.74) is 7.07. The Bertz CT molecular complexity index is 687. The first-order valence-electron chi connectivity index (χ1n) is 6.12. The van der Waals surface area contributed by atoms with Gasteiger partial charge in [0.15, 0.2) is 0 Å². The summed E-state index contributed by atoms with van der Waals surface area (Å²) in [7, 11) is 0. The summed E-state index contributed by atoms with van der Waals surface area (Å²) in [5, 5.41) is 9.21. The molecular weight excluding hydrogens is 218 g/mol. The Balaban J connectivity index is 2.24. The average Bonchev–Trinajstić information content (AvgIpc) is 2.80. The van der Waals surface area contributed by atoms with Crippen molar-refractivity contribution < 1.29 is 0 Å². The number of nitrogens with zero attached hydrogens (tertiary/aromatic N) is 1. The highest BCUT2D eigenvalue weighted by atomic mass is 14.3. The van der Waals surface area contributed by atoms with Gasteiger partial charge in [0.25, 0.3) is 0 Å². The molecule has 18 heavy (non-hydrogen) atoms. The van der Waals surface area contributed by atoms with Gasteiger partial charge in [-0.2, -0.15) is 5.26 Å². The predicted octanol–water partition coefficient (Wildman–Crippen LogP) is 4.18. The second-order valence-electron chi connectivity index (χ2n) is 4.48. The zero-order valence-corrected chi connectivity index (χ0v) is 10.3. The van der Waals surface area contributed by atoms with Crippen molar-refractivity contribution in [3.63, 3.8) is 0 Å². The van der Waals surface area contributed by atoms with E-state index in [1.165, 1.54) is 22.3 Å². The Morgan fingerprint density at radius 3 is 2.67 bits per heavy atom. The van der Waals surface area contributed by atoms with E-state index in [1.54, 1.807) is 0 Å². The summed E-state index contributed by atoms with van der Waals surface area (Å²) < 4.78 is 0. The molecule has 2 aromatic rings. The molecule has 0 spiro atoms. The predicted molar refractivity (Wildman–Crippen MR) is 73.9 cm³/mol. The highest BCUT2D eigenvalue weighted by molar-refractivity contribution is 5.86. The maximum absolute atomic E-state index is 9.21. The third kappa shape index (κ3) is 1.47. The van der Waals surface area contributed by atoms with Gasteiger partial charge >= 0.3 is 0 Å². The maximum atomic E-state index is 9.21. The Hall–Kier alpha value is -2.33. The molecule has 0 fully saturated rings. The van der Waals surface area contributed by atoms with Gasteiger partial charge in [0.2, 0.25) is 0 Å². The number of nitriles is 1. The molecule has 0 atom stereocenters. The largest absolute Gasteiger partial charge is 0.192 e. The third-order valence-electron chi connectivity index (χ3n) is 3.55. The van der Waals surface area contributed by atoms with Crippen molar-refractivity contribution in [2.75, 3.05) is 0 Å². The monoisotopic (exact) mass is 231 g/mol. The van der Waals surface area contributed by atoms with Gasteiger partial charge in [-0.05, 0) is 41.2 Å². The van der Waals surface area contributed by atoms with Crippen molar-refractivity contribution in [3.8, 4) is 17.2 Å². The molecule has 0 radical (unpaired) electrons. The molecule has 2 aromatic carbocycles. The lowest BCUT2D eigenvalue weighted by Gasteiger charge is -2.06. The van der Waals surface area contributed by atoms with Gasteiger partial charge in [-0.15, -0.1) is 0 Å². The van der Waals surface area contributed by atoms with Gasteiger partial charge in [0, 0.05) is 0 Å². The minimum atomic E-state index is 0.764. The van der Waals surface area contributed by atoms with Crippen LogP contribution in [0.15, 0.2) is 48.5 Å². The summed E-state index contributed by atoms with van der Waals surface area (Å²) in [6.45, 7) is 1.92. The van der Waals surface area contributed by atoms with E-state index in [2.05, 4.69) is 36.4 Å². The van der Waals surface area contributed by atoms with Crippen molar-refractivity contribution in [3.05, 3.63) is 65.2 Å². The summed E-state index contributed by atoms with van der Waals surface area (Å²) >= 11 is 0. The average molecular weight is 231 g/mol. The molecule has 0 aromatic heterocycles. The zero-order valence-electron chi connectivity index (χ0n) is 10.3. The van der Waals surface area contributed by atoms with E-state index < -0.39 is 0 Å². The second-order valence-corrected chi connectivity index (χ2v) is 4.48. The van der Waals surface area contributed by atoms with Crippen LogP contribution in [0.1, 0.15) is 23.6 Å². The fraction of sp³-hybridized carbons (Fsp3) is 0.118. The van der Waals surface area contributed by atoms with E-state index in [0.29, 0.717) is 0 Å².